The van der Waals surface area contributed by atoms with Crippen molar-refractivity contribution < 1.29 is 4.39 Å². The molecule has 0 amide bonds. The Labute approximate surface area is 147 Å². The molecular formula is C20H23FN4. The van der Waals surface area contributed by atoms with Crippen molar-refractivity contribution in [3.63, 3.8) is 0 Å². The predicted molar refractivity (Wildman–Crippen MR) is 102 cm³/mol. The fourth-order valence-corrected chi connectivity index (χ4v) is 2.96. The minimum absolute atomic E-state index is 0.280. The number of fused-ring (bicyclic) bond motifs is 1. The fraction of sp³-hybridized carbons (Fsp3) is 0.300. The average molecular weight is 338 g/mol. The summed E-state index contributed by atoms with van der Waals surface area (Å²) in [4.78, 5) is 10.7. The first-order valence-corrected chi connectivity index (χ1v) is 8.69. The van der Waals surface area contributed by atoms with Crippen LogP contribution in [0.25, 0.3) is 10.9 Å². The summed E-state index contributed by atoms with van der Waals surface area (Å²) in [5.41, 5.74) is 3.24. The molecule has 1 N–H and O–H groups in total. The van der Waals surface area contributed by atoms with Gasteiger partial charge in [-0.25, -0.2) is 14.4 Å². The Bertz CT molecular complexity index is 829. The lowest BCUT2D eigenvalue weighted by atomic mass is 10.1. The Morgan fingerprint density at radius 3 is 2.48 bits per heavy atom. The van der Waals surface area contributed by atoms with Crippen LogP contribution in [-0.2, 0) is 6.42 Å². The number of aromatic nitrogens is 2. The summed E-state index contributed by atoms with van der Waals surface area (Å²) < 4.78 is 13.5. The van der Waals surface area contributed by atoms with Gasteiger partial charge in [0.1, 0.15) is 18.0 Å². The topological polar surface area (TPSA) is 41.0 Å². The largest absolute Gasteiger partial charge is 0.372 e. The van der Waals surface area contributed by atoms with Crippen molar-refractivity contribution in [3.05, 3.63) is 60.2 Å². The summed E-state index contributed by atoms with van der Waals surface area (Å²) in [5, 5.41) is 4.00. The molecule has 0 spiro atoms. The van der Waals surface area contributed by atoms with Gasteiger partial charge in [-0.1, -0.05) is 12.1 Å². The molecule has 0 aliphatic rings. The highest BCUT2D eigenvalue weighted by Gasteiger charge is 2.05. The van der Waals surface area contributed by atoms with Gasteiger partial charge in [-0.2, -0.15) is 0 Å². The first-order valence-electron chi connectivity index (χ1n) is 8.69. The van der Waals surface area contributed by atoms with Crippen LogP contribution in [0.3, 0.4) is 0 Å². The van der Waals surface area contributed by atoms with Gasteiger partial charge in [-0.3, -0.25) is 0 Å². The van der Waals surface area contributed by atoms with Crippen LogP contribution < -0.4 is 10.2 Å². The molecule has 3 rings (SSSR count). The minimum atomic E-state index is -0.280. The van der Waals surface area contributed by atoms with Crippen molar-refractivity contribution in [1.29, 1.82) is 0 Å². The maximum Gasteiger partial charge on any atom is 0.137 e. The predicted octanol–water partition coefficient (Wildman–Crippen LogP) is 4.27. The van der Waals surface area contributed by atoms with Crippen molar-refractivity contribution in [3.8, 4) is 0 Å². The van der Waals surface area contributed by atoms with Gasteiger partial charge in [0, 0.05) is 30.7 Å². The summed E-state index contributed by atoms with van der Waals surface area (Å²) in [7, 11) is 0. The molecule has 0 saturated carbocycles. The third-order valence-electron chi connectivity index (χ3n) is 4.37. The molecule has 0 aliphatic carbocycles. The first-order chi connectivity index (χ1) is 12.2. The maximum absolute atomic E-state index is 13.5. The summed E-state index contributed by atoms with van der Waals surface area (Å²) in [6.07, 6.45) is 2.38. The van der Waals surface area contributed by atoms with E-state index < -0.39 is 0 Å². The van der Waals surface area contributed by atoms with Crippen molar-refractivity contribution in [1.82, 2.24) is 9.97 Å². The molecule has 5 heteroatoms. The lowest BCUT2D eigenvalue weighted by molar-refractivity contribution is 0.629. The number of halogens is 1. The van der Waals surface area contributed by atoms with Crippen LogP contribution in [0, 0.1) is 5.82 Å². The van der Waals surface area contributed by atoms with E-state index in [1.807, 2.05) is 0 Å². The number of nitrogens with zero attached hydrogens (tertiary/aromatic N) is 3. The van der Waals surface area contributed by atoms with Gasteiger partial charge in [0.05, 0.1) is 5.52 Å². The molecule has 0 saturated heterocycles. The van der Waals surface area contributed by atoms with Crippen LogP contribution in [-0.4, -0.2) is 29.6 Å². The monoisotopic (exact) mass is 338 g/mol. The van der Waals surface area contributed by atoms with E-state index in [1.165, 1.54) is 29.7 Å². The summed E-state index contributed by atoms with van der Waals surface area (Å²) >= 11 is 0. The molecule has 0 aliphatic heterocycles. The van der Waals surface area contributed by atoms with Gasteiger partial charge in [0.2, 0.25) is 0 Å². The van der Waals surface area contributed by atoms with Gasteiger partial charge in [0.15, 0.2) is 0 Å². The number of benzene rings is 2. The lowest BCUT2D eigenvalue weighted by Crippen LogP contribution is -2.21. The Kier molecular flexibility index (Phi) is 5.43. The number of nitrogens with one attached hydrogen (secondary N) is 1. The molecule has 0 atom stereocenters. The highest BCUT2D eigenvalue weighted by Crippen LogP contribution is 2.20. The molecule has 4 nitrogen and oxygen atoms in total. The zero-order valence-electron chi connectivity index (χ0n) is 14.7. The van der Waals surface area contributed by atoms with Crippen LogP contribution in [0.4, 0.5) is 15.9 Å². The Morgan fingerprint density at radius 1 is 1.00 bits per heavy atom. The van der Waals surface area contributed by atoms with E-state index in [0.717, 1.165) is 31.6 Å². The van der Waals surface area contributed by atoms with Gasteiger partial charge in [0.25, 0.3) is 0 Å². The van der Waals surface area contributed by atoms with E-state index in [1.54, 1.807) is 6.07 Å². The van der Waals surface area contributed by atoms with E-state index in [-0.39, 0.29) is 5.82 Å². The Hall–Kier alpha value is -2.69. The molecule has 3 aromatic rings. The van der Waals surface area contributed by atoms with Crippen LogP contribution in [0.2, 0.25) is 0 Å². The zero-order chi connectivity index (χ0) is 17.6. The molecule has 0 radical (unpaired) electrons. The van der Waals surface area contributed by atoms with Crippen LogP contribution in [0.5, 0.6) is 0 Å². The van der Waals surface area contributed by atoms with E-state index in [2.05, 4.69) is 58.3 Å². The van der Waals surface area contributed by atoms with Gasteiger partial charge in [-0.15, -0.1) is 0 Å². The van der Waals surface area contributed by atoms with Crippen molar-refractivity contribution in [2.75, 3.05) is 29.9 Å². The Balaban J connectivity index is 1.64. The third kappa shape index (κ3) is 4.05. The number of anilines is 2. The fourth-order valence-electron chi connectivity index (χ4n) is 2.96. The zero-order valence-corrected chi connectivity index (χ0v) is 14.7. The third-order valence-corrected chi connectivity index (χ3v) is 4.37. The number of hydrogen-bond donors (Lipinski definition) is 1. The lowest BCUT2D eigenvalue weighted by Gasteiger charge is -2.21. The molecule has 1 heterocycles. The normalized spacial score (nSPS) is 10.8. The molecular weight excluding hydrogens is 315 g/mol. The highest BCUT2D eigenvalue weighted by molar-refractivity contribution is 5.88. The van der Waals surface area contributed by atoms with Crippen LogP contribution in [0.1, 0.15) is 19.4 Å². The van der Waals surface area contributed by atoms with E-state index in [0.29, 0.717) is 11.2 Å². The minimum Gasteiger partial charge on any atom is -0.372 e. The van der Waals surface area contributed by atoms with Crippen LogP contribution >= 0.6 is 0 Å². The standard InChI is InChI=1S/C20H23FN4/c1-3-25(4-2)17-8-5-15(6-9-17)11-12-22-20-18-13-16(21)7-10-19(18)23-14-24-20/h5-10,13-14H,3-4,11-12H2,1-2H3,(H,22,23,24). The van der Waals surface area contributed by atoms with Gasteiger partial charge in [-0.05, 0) is 56.2 Å². The van der Waals surface area contributed by atoms with Crippen molar-refractivity contribution in [2.45, 2.75) is 20.3 Å². The first kappa shape index (κ1) is 17.1. The number of rotatable bonds is 7. The second-order valence-corrected chi connectivity index (χ2v) is 5.90. The molecule has 0 fully saturated rings. The van der Waals surface area contributed by atoms with Crippen molar-refractivity contribution in [2.24, 2.45) is 0 Å². The van der Waals surface area contributed by atoms with E-state index in [9.17, 15) is 4.39 Å². The molecule has 1 aromatic heterocycles. The number of hydrogen-bond acceptors (Lipinski definition) is 4. The molecule has 25 heavy (non-hydrogen) atoms. The second-order valence-electron chi connectivity index (χ2n) is 5.90. The van der Waals surface area contributed by atoms with Crippen molar-refractivity contribution >= 4 is 22.4 Å². The quantitative estimate of drug-likeness (QED) is 0.698. The van der Waals surface area contributed by atoms with Gasteiger partial charge < -0.3 is 10.2 Å². The summed E-state index contributed by atoms with van der Waals surface area (Å²) in [5.74, 6) is 0.390. The maximum atomic E-state index is 13.5. The summed E-state index contributed by atoms with van der Waals surface area (Å²) in [6, 6.07) is 13.2. The van der Waals surface area contributed by atoms with E-state index in [4.69, 9.17) is 0 Å². The van der Waals surface area contributed by atoms with Crippen LogP contribution in [0.15, 0.2) is 48.8 Å². The molecule has 2 aromatic carbocycles. The average Bonchev–Trinajstić information content (AvgIpc) is 2.64. The molecule has 0 bridgehead atoms. The summed E-state index contributed by atoms with van der Waals surface area (Å²) in [6.45, 7) is 7.07. The second kappa shape index (κ2) is 7.92. The Morgan fingerprint density at radius 2 is 1.76 bits per heavy atom. The molecule has 0 unspecified atom stereocenters. The highest BCUT2D eigenvalue weighted by atomic mass is 19.1. The SMILES string of the molecule is CCN(CC)c1ccc(CCNc2ncnc3ccc(F)cc23)cc1. The smallest absolute Gasteiger partial charge is 0.137 e. The van der Waals surface area contributed by atoms with Gasteiger partial charge >= 0.3 is 0 Å². The van der Waals surface area contributed by atoms with E-state index >= 15 is 0 Å². The molecule has 130 valence electrons.